The lowest BCUT2D eigenvalue weighted by Gasteiger charge is -2.03. The van der Waals surface area contributed by atoms with E-state index in [0.717, 1.165) is 29.1 Å². The summed E-state index contributed by atoms with van der Waals surface area (Å²) < 4.78 is 0. The molecule has 0 saturated heterocycles. The van der Waals surface area contributed by atoms with Crippen LogP contribution in [0.2, 0.25) is 0 Å². The summed E-state index contributed by atoms with van der Waals surface area (Å²) in [6.07, 6.45) is 2.58. The van der Waals surface area contributed by atoms with Gasteiger partial charge >= 0.3 is 0 Å². The van der Waals surface area contributed by atoms with Crippen LogP contribution in [0, 0.1) is 0 Å². The van der Waals surface area contributed by atoms with E-state index in [1.165, 1.54) is 0 Å². The number of benzene rings is 1. The second-order valence-corrected chi connectivity index (χ2v) is 3.85. The van der Waals surface area contributed by atoms with Crippen molar-refractivity contribution in [3.8, 4) is 11.3 Å². The van der Waals surface area contributed by atoms with Crippen molar-refractivity contribution in [2.24, 2.45) is 0 Å². The Morgan fingerprint density at radius 3 is 2.47 bits per heavy atom. The van der Waals surface area contributed by atoms with Crippen molar-refractivity contribution >= 4 is 5.78 Å². The van der Waals surface area contributed by atoms with Crippen molar-refractivity contribution in [3.63, 3.8) is 0 Å². The quantitative estimate of drug-likeness (QED) is 0.756. The summed E-state index contributed by atoms with van der Waals surface area (Å²) in [5.74, 6) is 0.909. The van der Waals surface area contributed by atoms with Crippen LogP contribution in [0.1, 0.15) is 30.0 Å². The van der Waals surface area contributed by atoms with Gasteiger partial charge in [-0.3, -0.25) is 4.79 Å². The molecule has 17 heavy (non-hydrogen) atoms. The number of nitrogens with zero attached hydrogens (tertiary/aromatic N) is 2. The molecule has 2 rings (SSSR count). The molecule has 1 aromatic heterocycles. The van der Waals surface area contributed by atoms with E-state index in [0.29, 0.717) is 0 Å². The minimum Gasteiger partial charge on any atom is -0.295 e. The number of ketones is 1. The highest BCUT2D eigenvalue weighted by Crippen LogP contribution is 2.17. The fourth-order valence-electron chi connectivity index (χ4n) is 1.61. The SMILES string of the molecule is CCc1nccc(-c2ccc(C(C)=O)cc2)n1. The Hall–Kier alpha value is -2.03. The smallest absolute Gasteiger partial charge is 0.159 e. The molecule has 0 atom stereocenters. The number of hydrogen-bond donors (Lipinski definition) is 0. The molecule has 0 aliphatic carbocycles. The van der Waals surface area contributed by atoms with Gasteiger partial charge < -0.3 is 0 Å². The van der Waals surface area contributed by atoms with Crippen molar-refractivity contribution in [1.82, 2.24) is 9.97 Å². The first-order chi connectivity index (χ1) is 8.20. The molecule has 0 radical (unpaired) electrons. The van der Waals surface area contributed by atoms with Gasteiger partial charge in [-0.1, -0.05) is 31.2 Å². The average Bonchev–Trinajstić information content (AvgIpc) is 2.39. The van der Waals surface area contributed by atoms with E-state index in [9.17, 15) is 4.79 Å². The highest BCUT2D eigenvalue weighted by molar-refractivity contribution is 5.94. The van der Waals surface area contributed by atoms with Gasteiger partial charge in [0.15, 0.2) is 5.78 Å². The second-order valence-electron chi connectivity index (χ2n) is 3.85. The van der Waals surface area contributed by atoms with Crippen LogP contribution < -0.4 is 0 Å². The molecule has 1 aromatic carbocycles. The molecule has 0 amide bonds. The topological polar surface area (TPSA) is 42.9 Å². The van der Waals surface area contributed by atoms with E-state index in [-0.39, 0.29) is 5.78 Å². The molecule has 0 bridgehead atoms. The van der Waals surface area contributed by atoms with Crippen molar-refractivity contribution in [2.75, 3.05) is 0 Å². The summed E-state index contributed by atoms with van der Waals surface area (Å²) in [7, 11) is 0. The highest BCUT2D eigenvalue weighted by atomic mass is 16.1. The Morgan fingerprint density at radius 1 is 1.18 bits per heavy atom. The van der Waals surface area contributed by atoms with Crippen LogP contribution in [0.25, 0.3) is 11.3 Å². The third-order valence-corrected chi connectivity index (χ3v) is 2.61. The fraction of sp³-hybridized carbons (Fsp3) is 0.214. The number of rotatable bonds is 3. The standard InChI is InChI=1S/C14H14N2O/c1-3-14-15-9-8-13(16-14)12-6-4-11(5-7-12)10(2)17/h4-9H,3H2,1-2H3. The molecule has 3 heteroatoms. The van der Waals surface area contributed by atoms with Crippen LogP contribution >= 0.6 is 0 Å². The molecule has 0 saturated carbocycles. The Balaban J connectivity index is 2.36. The van der Waals surface area contributed by atoms with E-state index in [4.69, 9.17) is 0 Å². The number of carbonyl (C=O) groups excluding carboxylic acids is 1. The van der Waals surface area contributed by atoms with Gasteiger partial charge in [0, 0.05) is 23.7 Å². The second kappa shape index (κ2) is 4.87. The zero-order valence-corrected chi connectivity index (χ0v) is 9.97. The molecule has 0 aliphatic rings. The summed E-state index contributed by atoms with van der Waals surface area (Å²) in [6.45, 7) is 3.59. The normalized spacial score (nSPS) is 10.2. The Bertz CT molecular complexity index is 532. The number of aromatic nitrogens is 2. The third kappa shape index (κ3) is 2.56. The van der Waals surface area contributed by atoms with Crippen molar-refractivity contribution in [2.45, 2.75) is 20.3 Å². The number of Topliss-reactive ketones (excluding diaryl/α,β-unsaturated/α-hetero) is 1. The van der Waals surface area contributed by atoms with Crippen LogP contribution in [0.15, 0.2) is 36.5 Å². The van der Waals surface area contributed by atoms with Gasteiger partial charge in [0.1, 0.15) is 5.82 Å². The largest absolute Gasteiger partial charge is 0.295 e. The zero-order chi connectivity index (χ0) is 12.3. The van der Waals surface area contributed by atoms with Crippen molar-refractivity contribution in [1.29, 1.82) is 0 Å². The van der Waals surface area contributed by atoms with Crippen LogP contribution in [0.3, 0.4) is 0 Å². The van der Waals surface area contributed by atoms with Gasteiger partial charge in [0.2, 0.25) is 0 Å². The molecule has 1 heterocycles. The maximum atomic E-state index is 11.2. The van der Waals surface area contributed by atoms with Crippen LogP contribution in [0.5, 0.6) is 0 Å². The summed E-state index contributed by atoms with van der Waals surface area (Å²) in [5, 5.41) is 0. The van der Waals surface area contributed by atoms with Crippen LogP contribution in [-0.4, -0.2) is 15.8 Å². The van der Waals surface area contributed by atoms with Crippen molar-refractivity contribution < 1.29 is 4.79 Å². The fourth-order valence-corrected chi connectivity index (χ4v) is 1.61. The van der Waals surface area contributed by atoms with Gasteiger partial charge in [-0.05, 0) is 13.0 Å². The Labute approximate surface area is 101 Å². The molecule has 2 aromatic rings. The number of carbonyl (C=O) groups is 1. The molecule has 0 fully saturated rings. The molecule has 86 valence electrons. The molecule has 0 aliphatic heterocycles. The molecule has 0 spiro atoms. The molecular formula is C14H14N2O. The first kappa shape index (κ1) is 11.5. The van der Waals surface area contributed by atoms with Gasteiger partial charge in [0.05, 0.1) is 5.69 Å². The molecule has 0 unspecified atom stereocenters. The summed E-state index contributed by atoms with van der Waals surface area (Å²) in [6, 6.07) is 9.36. The van der Waals surface area contributed by atoms with E-state index in [1.54, 1.807) is 13.1 Å². The van der Waals surface area contributed by atoms with E-state index in [2.05, 4.69) is 9.97 Å². The van der Waals surface area contributed by atoms with Gasteiger partial charge in [-0.25, -0.2) is 9.97 Å². The third-order valence-electron chi connectivity index (χ3n) is 2.61. The first-order valence-corrected chi connectivity index (χ1v) is 5.64. The van der Waals surface area contributed by atoms with E-state index < -0.39 is 0 Å². The predicted octanol–water partition coefficient (Wildman–Crippen LogP) is 2.91. The van der Waals surface area contributed by atoms with Gasteiger partial charge in [-0.2, -0.15) is 0 Å². The van der Waals surface area contributed by atoms with Gasteiger partial charge in [-0.15, -0.1) is 0 Å². The van der Waals surface area contributed by atoms with Crippen molar-refractivity contribution in [3.05, 3.63) is 47.9 Å². The zero-order valence-electron chi connectivity index (χ0n) is 9.97. The number of aryl methyl sites for hydroxylation is 1. The lowest BCUT2D eigenvalue weighted by molar-refractivity contribution is 0.101. The van der Waals surface area contributed by atoms with Crippen LogP contribution in [0.4, 0.5) is 0 Å². The maximum Gasteiger partial charge on any atom is 0.159 e. The van der Waals surface area contributed by atoms with E-state index >= 15 is 0 Å². The summed E-state index contributed by atoms with van der Waals surface area (Å²) in [5.41, 5.74) is 2.62. The Kier molecular flexibility index (Phi) is 3.28. The molecule has 3 nitrogen and oxygen atoms in total. The summed E-state index contributed by atoms with van der Waals surface area (Å²) in [4.78, 5) is 19.8. The minimum absolute atomic E-state index is 0.0773. The average molecular weight is 226 g/mol. The lowest BCUT2D eigenvalue weighted by atomic mass is 10.1. The predicted molar refractivity (Wildman–Crippen MR) is 66.9 cm³/mol. The minimum atomic E-state index is 0.0773. The highest BCUT2D eigenvalue weighted by Gasteiger charge is 2.03. The Morgan fingerprint density at radius 2 is 1.88 bits per heavy atom. The monoisotopic (exact) mass is 226 g/mol. The van der Waals surface area contributed by atoms with E-state index in [1.807, 2.05) is 37.3 Å². The number of hydrogen-bond acceptors (Lipinski definition) is 3. The molecule has 0 N–H and O–H groups in total. The lowest BCUT2D eigenvalue weighted by Crippen LogP contribution is -1.95. The van der Waals surface area contributed by atoms with Crippen LogP contribution in [-0.2, 0) is 6.42 Å². The van der Waals surface area contributed by atoms with Gasteiger partial charge in [0.25, 0.3) is 0 Å². The first-order valence-electron chi connectivity index (χ1n) is 5.64. The summed E-state index contributed by atoms with van der Waals surface area (Å²) >= 11 is 0. The maximum absolute atomic E-state index is 11.2. The molecular weight excluding hydrogens is 212 g/mol.